The van der Waals surface area contributed by atoms with E-state index in [0.29, 0.717) is 23.2 Å². The van der Waals surface area contributed by atoms with E-state index in [1.807, 2.05) is 0 Å². The number of hydrogen-bond acceptors (Lipinski definition) is 3. The predicted molar refractivity (Wildman–Crippen MR) is 210 cm³/mol. The molecule has 0 aliphatic heterocycles. The lowest BCUT2D eigenvalue weighted by Crippen LogP contribution is -2.49. The molecule has 3 aliphatic rings. The van der Waals surface area contributed by atoms with Crippen molar-refractivity contribution in [2.45, 2.75) is 188 Å². The summed E-state index contributed by atoms with van der Waals surface area (Å²) in [6.07, 6.45) is 19.7. The Hall–Kier alpha value is -0.726. The lowest BCUT2D eigenvalue weighted by Gasteiger charge is -2.45. The van der Waals surface area contributed by atoms with Gasteiger partial charge in [0, 0.05) is 12.3 Å². The second kappa shape index (κ2) is 14.9. The van der Waals surface area contributed by atoms with Crippen molar-refractivity contribution in [2.24, 2.45) is 29.1 Å². The molecule has 3 saturated carbocycles. The minimum atomic E-state index is -1.99. The SMILES string of the molecule is C=C1/C(=C/C=C2\CCC[C@]3(C)[C@@H]([C@H](C)/C=C\[C@H](C)C(O)(CC)CC)CC[C@@H]23)C[C@@H](O[Si](C)(C)C(C)(C)C)C[C@@H]1O[Si](C)(C)C(C)(C)C. The van der Waals surface area contributed by atoms with Crippen molar-refractivity contribution in [3.8, 4) is 0 Å². The molecule has 3 nitrogen and oxygen atoms in total. The molecule has 3 fully saturated rings. The maximum Gasteiger partial charge on any atom is 0.192 e. The van der Waals surface area contributed by atoms with E-state index in [0.717, 1.165) is 25.7 Å². The Bertz CT molecular complexity index is 1180. The molecule has 270 valence electrons. The maximum absolute atomic E-state index is 11.1. The van der Waals surface area contributed by atoms with Crippen LogP contribution in [0.15, 0.2) is 47.6 Å². The van der Waals surface area contributed by atoms with E-state index in [9.17, 15) is 5.11 Å². The zero-order chi connectivity index (χ0) is 35.8. The summed E-state index contributed by atoms with van der Waals surface area (Å²) in [5.41, 5.74) is 3.89. The Morgan fingerprint density at radius 3 is 2.04 bits per heavy atom. The Morgan fingerprint density at radius 1 is 0.915 bits per heavy atom. The van der Waals surface area contributed by atoms with Gasteiger partial charge in [0.2, 0.25) is 0 Å². The van der Waals surface area contributed by atoms with Gasteiger partial charge in [-0.05, 0) is 122 Å². The van der Waals surface area contributed by atoms with Gasteiger partial charge < -0.3 is 14.0 Å². The smallest absolute Gasteiger partial charge is 0.192 e. The summed E-state index contributed by atoms with van der Waals surface area (Å²) < 4.78 is 14.2. The third-order valence-corrected chi connectivity index (χ3v) is 23.2. The topological polar surface area (TPSA) is 38.7 Å². The third kappa shape index (κ3) is 8.96. The first kappa shape index (κ1) is 40.7. The highest BCUT2D eigenvalue weighted by Crippen LogP contribution is 2.59. The molecule has 3 rings (SSSR count). The van der Waals surface area contributed by atoms with E-state index in [1.54, 1.807) is 5.57 Å². The highest BCUT2D eigenvalue weighted by molar-refractivity contribution is 6.74. The van der Waals surface area contributed by atoms with Crippen LogP contribution in [-0.4, -0.2) is 39.6 Å². The second-order valence-corrected chi connectivity index (χ2v) is 28.7. The summed E-state index contributed by atoms with van der Waals surface area (Å²) in [6.45, 7) is 39.6. The summed E-state index contributed by atoms with van der Waals surface area (Å²) in [5, 5.41) is 11.4. The van der Waals surface area contributed by atoms with Gasteiger partial charge in [-0.2, -0.15) is 0 Å². The van der Waals surface area contributed by atoms with Gasteiger partial charge in [-0.3, -0.25) is 0 Å². The first-order valence-electron chi connectivity index (χ1n) is 19.3. The monoisotopic (exact) mass is 685 g/mol. The molecule has 0 saturated heterocycles. The van der Waals surface area contributed by atoms with Crippen molar-refractivity contribution < 1.29 is 14.0 Å². The molecule has 1 N–H and O–H groups in total. The van der Waals surface area contributed by atoms with Gasteiger partial charge in [-0.1, -0.05) is 113 Å². The fourth-order valence-electron chi connectivity index (χ4n) is 8.46. The standard InChI is InChI=1S/C42H76O3Si2/c1-17-42(43,18-2)31(4)22-21-30(3)36-25-26-37-33(20-19-27-41(36,37)12)23-24-34-28-35(44-46(13,14)39(6,7)8)29-38(32(34)5)45-47(15,16)40(9,10)11/h21-24,30-31,35-38,43H,5,17-20,25-29H2,1-4,6-16H3/b22-21-,33-23+,34-24+/t30-,31+,35-,36-,37+,38+,41-/m1/s1. The molecule has 3 aliphatic carbocycles. The summed E-state index contributed by atoms with van der Waals surface area (Å²) in [4.78, 5) is 0. The second-order valence-electron chi connectivity index (χ2n) is 19.2. The van der Waals surface area contributed by atoms with Crippen LogP contribution in [-0.2, 0) is 8.85 Å². The molecule has 0 amide bonds. The van der Waals surface area contributed by atoms with Crippen LogP contribution in [0.3, 0.4) is 0 Å². The summed E-state index contributed by atoms with van der Waals surface area (Å²) in [6, 6.07) is 0. The van der Waals surface area contributed by atoms with Gasteiger partial charge in [0.25, 0.3) is 0 Å². The molecule has 0 aromatic carbocycles. The number of rotatable bonds is 11. The van der Waals surface area contributed by atoms with E-state index in [4.69, 9.17) is 15.4 Å². The fraction of sp³-hybridized carbons (Fsp3) is 0.810. The normalized spacial score (nSPS) is 31.5. The predicted octanol–water partition coefficient (Wildman–Crippen LogP) is 12.6. The number of fused-ring (bicyclic) bond motifs is 1. The average molecular weight is 685 g/mol. The average Bonchev–Trinajstić information content (AvgIpc) is 3.32. The maximum atomic E-state index is 11.1. The van der Waals surface area contributed by atoms with Gasteiger partial charge >= 0.3 is 0 Å². The van der Waals surface area contributed by atoms with Gasteiger partial charge in [0.05, 0.1) is 17.8 Å². The molecular weight excluding hydrogens is 609 g/mol. The van der Waals surface area contributed by atoms with Crippen LogP contribution in [0.5, 0.6) is 0 Å². The molecular formula is C42H76O3Si2. The number of allylic oxidation sites excluding steroid dienone is 4. The minimum Gasteiger partial charge on any atom is -0.413 e. The van der Waals surface area contributed by atoms with Gasteiger partial charge in [-0.25, -0.2) is 0 Å². The van der Waals surface area contributed by atoms with Crippen LogP contribution in [0.25, 0.3) is 0 Å². The zero-order valence-corrected chi connectivity index (χ0v) is 35.6. The van der Waals surface area contributed by atoms with E-state index in [2.05, 4.69) is 127 Å². The zero-order valence-electron chi connectivity index (χ0n) is 33.6. The van der Waals surface area contributed by atoms with Crippen LogP contribution in [0.2, 0.25) is 36.3 Å². The highest BCUT2D eigenvalue weighted by atomic mass is 28.4. The van der Waals surface area contributed by atoms with Crippen molar-refractivity contribution >= 4 is 16.6 Å². The molecule has 0 aromatic rings. The lowest BCUT2D eigenvalue weighted by atomic mass is 9.61. The van der Waals surface area contributed by atoms with Gasteiger partial charge in [0.15, 0.2) is 16.6 Å². The van der Waals surface area contributed by atoms with E-state index in [-0.39, 0.29) is 28.2 Å². The number of hydrogen-bond donors (Lipinski definition) is 1. The van der Waals surface area contributed by atoms with Crippen molar-refractivity contribution in [2.75, 3.05) is 0 Å². The molecule has 0 spiro atoms. The summed E-state index contributed by atoms with van der Waals surface area (Å²) in [5.74, 6) is 2.02. The Morgan fingerprint density at radius 2 is 1.49 bits per heavy atom. The van der Waals surface area contributed by atoms with Crippen LogP contribution >= 0.6 is 0 Å². The quantitative estimate of drug-likeness (QED) is 0.174. The lowest BCUT2D eigenvalue weighted by molar-refractivity contribution is -0.00206. The van der Waals surface area contributed by atoms with E-state index in [1.165, 1.54) is 43.3 Å². The van der Waals surface area contributed by atoms with Crippen LogP contribution in [0.1, 0.15) is 134 Å². The Balaban J connectivity index is 1.89. The summed E-state index contributed by atoms with van der Waals surface area (Å²) >= 11 is 0. The van der Waals surface area contributed by atoms with Crippen LogP contribution < -0.4 is 0 Å². The molecule has 0 bridgehead atoms. The van der Waals surface area contributed by atoms with Crippen molar-refractivity contribution in [1.29, 1.82) is 0 Å². The van der Waals surface area contributed by atoms with E-state index < -0.39 is 22.2 Å². The molecule has 0 aromatic heterocycles. The Labute approximate surface area is 294 Å². The van der Waals surface area contributed by atoms with Crippen LogP contribution in [0, 0.1) is 29.1 Å². The van der Waals surface area contributed by atoms with Crippen molar-refractivity contribution in [3.63, 3.8) is 0 Å². The minimum absolute atomic E-state index is 0.0182. The Kier molecular flexibility index (Phi) is 12.9. The van der Waals surface area contributed by atoms with Gasteiger partial charge in [0.1, 0.15) is 0 Å². The van der Waals surface area contributed by atoms with Crippen molar-refractivity contribution in [1.82, 2.24) is 0 Å². The largest absolute Gasteiger partial charge is 0.413 e. The third-order valence-electron chi connectivity index (χ3n) is 14.2. The highest BCUT2D eigenvalue weighted by Gasteiger charge is 2.50. The number of aliphatic hydroxyl groups is 1. The van der Waals surface area contributed by atoms with E-state index >= 15 is 0 Å². The van der Waals surface area contributed by atoms with Gasteiger partial charge in [-0.15, -0.1) is 0 Å². The summed E-state index contributed by atoms with van der Waals surface area (Å²) in [7, 11) is -3.92. The molecule has 0 radical (unpaired) electrons. The molecule has 0 heterocycles. The van der Waals surface area contributed by atoms with Crippen LogP contribution in [0.4, 0.5) is 0 Å². The molecule has 5 heteroatoms. The first-order valence-corrected chi connectivity index (χ1v) is 25.1. The van der Waals surface area contributed by atoms with Crippen molar-refractivity contribution in [3.05, 3.63) is 47.6 Å². The molecule has 7 atom stereocenters. The fourth-order valence-corrected chi connectivity index (χ4v) is 11.1. The first-order chi connectivity index (χ1) is 21.4. The molecule has 47 heavy (non-hydrogen) atoms. The molecule has 0 unspecified atom stereocenters.